The molecule has 0 radical (unpaired) electrons. The molecular weight excluding hydrogens is 442 g/mol. The summed E-state index contributed by atoms with van der Waals surface area (Å²) < 4.78 is 1.98. The van der Waals surface area contributed by atoms with Crippen LogP contribution in [0.15, 0.2) is 54.9 Å². The summed E-state index contributed by atoms with van der Waals surface area (Å²) >= 11 is 0. The summed E-state index contributed by atoms with van der Waals surface area (Å²) in [5.74, 6) is 0.860. The van der Waals surface area contributed by atoms with E-state index in [1.807, 2.05) is 60.1 Å². The van der Waals surface area contributed by atoms with Crippen LogP contribution in [0.5, 0.6) is 0 Å². The molecule has 1 aromatic heterocycles. The van der Waals surface area contributed by atoms with Crippen molar-refractivity contribution >= 4 is 17.5 Å². The van der Waals surface area contributed by atoms with E-state index in [-0.39, 0.29) is 30.4 Å². The molecule has 2 aromatic carbocycles. The lowest BCUT2D eigenvalue weighted by molar-refractivity contribution is -0.131. The minimum atomic E-state index is -0.322. The van der Waals surface area contributed by atoms with Gasteiger partial charge in [-0.05, 0) is 35.2 Å². The zero-order valence-electron chi connectivity index (χ0n) is 20.1. The average Bonchev–Trinajstić information content (AvgIpc) is 3.55. The highest BCUT2D eigenvalue weighted by Gasteiger charge is 2.29. The Kier molecular flexibility index (Phi) is 6.40. The van der Waals surface area contributed by atoms with Gasteiger partial charge >= 0.3 is 0 Å². The van der Waals surface area contributed by atoms with Gasteiger partial charge in [0.25, 0.3) is 0 Å². The van der Waals surface area contributed by atoms with Crippen LogP contribution in [0, 0.1) is 0 Å². The minimum Gasteiger partial charge on any atom is -0.392 e. The number of hydrogen-bond acceptors (Lipinski definition) is 5. The molecule has 2 aliphatic heterocycles. The fourth-order valence-electron chi connectivity index (χ4n) is 5.05. The van der Waals surface area contributed by atoms with Crippen molar-refractivity contribution in [2.45, 2.75) is 31.4 Å². The number of anilines is 1. The van der Waals surface area contributed by atoms with Crippen molar-refractivity contribution < 1.29 is 14.7 Å². The summed E-state index contributed by atoms with van der Waals surface area (Å²) in [5.41, 5.74) is 4.67. The summed E-state index contributed by atoms with van der Waals surface area (Å²) in [6.45, 7) is 2.06. The quantitative estimate of drug-likeness (QED) is 0.550. The van der Waals surface area contributed by atoms with Crippen molar-refractivity contribution in [2.75, 3.05) is 32.0 Å². The summed E-state index contributed by atoms with van der Waals surface area (Å²) in [5, 5.41) is 12.9. The van der Waals surface area contributed by atoms with Crippen LogP contribution >= 0.6 is 0 Å². The number of hydrogen-bond donors (Lipinski definition) is 2. The lowest BCUT2D eigenvalue weighted by atomic mass is 10.0. The van der Waals surface area contributed by atoms with Crippen LogP contribution in [-0.2, 0) is 29.5 Å². The Morgan fingerprint density at radius 2 is 2.14 bits per heavy atom. The molecule has 3 aromatic rings. The fraction of sp³-hybridized carbons (Fsp3) is 0.370. The number of carbonyl (C=O) groups is 2. The maximum Gasteiger partial charge on any atom is 0.228 e. The van der Waals surface area contributed by atoms with Crippen LogP contribution in [0.25, 0.3) is 11.4 Å². The second kappa shape index (κ2) is 9.64. The standard InChI is InChI=1S/C27H31N5O3/c1-30-11-9-28-27(30)21-5-3-4-20(14-21)24(17-32-10-8-22(33)16-32)31(2)26(35)13-18-6-7-19-15-25(34)29-23(19)12-18/h3-7,9,11-12,14,22,24,33H,8,10,13,15-17H2,1-2H3,(H,29,34)/t22-,24?/m0/s1. The average molecular weight is 474 g/mol. The van der Waals surface area contributed by atoms with E-state index in [1.54, 1.807) is 6.20 Å². The number of aliphatic hydroxyl groups is 1. The molecular formula is C27H31N5O3. The number of likely N-dealkylation sites (tertiary alicyclic amines) is 1. The first kappa shape index (κ1) is 23.3. The molecule has 1 fully saturated rings. The minimum absolute atomic E-state index is 0.00131. The molecule has 0 bridgehead atoms. The highest BCUT2D eigenvalue weighted by Crippen LogP contribution is 2.29. The Morgan fingerprint density at radius 1 is 1.29 bits per heavy atom. The lowest BCUT2D eigenvalue weighted by Crippen LogP contribution is -2.39. The summed E-state index contributed by atoms with van der Waals surface area (Å²) in [6, 6.07) is 13.8. The molecule has 1 saturated heterocycles. The number of aromatic nitrogens is 2. The zero-order chi connectivity index (χ0) is 24.5. The van der Waals surface area contributed by atoms with Gasteiger partial charge in [-0.3, -0.25) is 14.5 Å². The van der Waals surface area contributed by atoms with Gasteiger partial charge < -0.3 is 19.9 Å². The fourth-order valence-corrected chi connectivity index (χ4v) is 5.05. The molecule has 2 amide bonds. The molecule has 0 aliphatic carbocycles. The number of aryl methyl sites for hydroxylation is 1. The number of nitrogens with one attached hydrogen (secondary N) is 1. The van der Waals surface area contributed by atoms with Gasteiger partial charge in [-0.1, -0.05) is 30.3 Å². The first-order valence-corrected chi connectivity index (χ1v) is 12.0. The number of rotatable bonds is 7. The van der Waals surface area contributed by atoms with Crippen molar-refractivity contribution in [2.24, 2.45) is 7.05 Å². The van der Waals surface area contributed by atoms with E-state index >= 15 is 0 Å². The molecule has 8 heteroatoms. The Bertz CT molecular complexity index is 1250. The Morgan fingerprint density at radius 3 is 2.89 bits per heavy atom. The van der Waals surface area contributed by atoms with Crippen LogP contribution in [0.3, 0.4) is 0 Å². The summed E-state index contributed by atoms with van der Waals surface area (Å²) in [4.78, 5) is 33.7. The van der Waals surface area contributed by atoms with Gasteiger partial charge in [0.1, 0.15) is 5.82 Å². The van der Waals surface area contributed by atoms with Gasteiger partial charge in [0.2, 0.25) is 11.8 Å². The largest absolute Gasteiger partial charge is 0.392 e. The van der Waals surface area contributed by atoms with E-state index in [0.717, 1.165) is 46.7 Å². The highest BCUT2D eigenvalue weighted by atomic mass is 16.3. The zero-order valence-corrected chi connectivity index (χ0v) is 20.1. The van der Waals surface area contributed by atoms with Crippen LogP contribution in [0.1, 0.15) is 29.2 Å². The molecule has 35 heavy (non-hydrogen) atoms. The normalized spacial score (nSPS) is 18.4. The summed E-state index contributed by atoms with van der Waals surface area (Å²) in [7, 11) is 3.81. The van der Waals surface area contributed by atoms with E-state index in [9.17, 15) is 14.7 Å². The van der Waals surface area contributed by atoms with Gasteiger partial charge in [0.05, 0.1) is 25.0 Å². The van der Waals surface area contributed by atoms with E-state index in [1.165, 1.54) is 0 Å². The number of imidazole rings is 1. The first-order chi connectivity index (χ1) is 16.9. The number of amides is 2. The number of aliphatic hydroxyl groups excluding tert-OH is 1. The van der Waals surface area contributed by atoms with Gasteiger partial charge in [-0.25, -0.2) is 4.98 Å². The number of benzene rings is 2. The van der Waals surface area contributed by atoms with Gasteiger partial charge in [-0.15, -0.1) is 0 Å². The van der Waals surface area contributed by atoms with E-state index < -0.39 is 0 Å². The maximum absolute atomic E-state index is 13.5. The van der Waals surface area contributed by atoms with Crippen molar-refractivity contribution in [3.05, 3.63) is 71.5 Å². The number of nitrogens with zero attached hydrogens (tertiary/aromatic N) is 4. The molecule has 2 atom stereocenters. The molecule has 0 spiro atoms. The number of β-amino-alcohol motifs (C(OH)–C–C–N with tert-alkyl or cyclic N) is 1. The third-order valence-corrected chi connectivity index (χ3v) is 7.05. The third-order valence-electron chi connectivity index (χ3n) is 7.05. The Labute approximate surface area is 205 Å². The van der Waals surface area contributed by atoms with Gasteiger partial charge in [0, 0.05) is 57.4 Å². The molecule has 3 heterocycles. The number of fused-ring (bicyclic) bond motifs is 1. The predicted molar refractivity (Wildman–Crippen MR) is 134 cm³/mol. The molecule has 2 aliphatic rings. The first-order valence-electron chi connectivity index (χ1n) is 12.0. The highest BCUT2D eigenvalue weighted by molar-refractivity contribution is 5.99. The third kappa shape index (κ3) is 4.99. The molecule has 5 rings (SSSR count). The van der Waals surface area contributed by atoms with Crippen molar-refractivity contribution in [1.29, 1.82) is 0 Å². The molecule has 1 unspecified atom stereocenters. The molecule has 8 nitrogen and oxygen atoms in total. The second-order valence-corrected chi connectivity index (χ2v) is 9.60. The lowest BCUT2D eigenvalue weighted by Gasteiger charge is -2.32. The van der Waals surface area contributed by atoms with Crippen molar-refractivity contribution in [3.8, 4) is 11.4 Å². The monoisotopic (exact) mass is 473 g/mol. The maximum atomic E-state index is 13.5. The van der Waals surface area contributed by atoms with Crippen LogP contribution in [0.2, 0.25) is 0 Å². The smallest absolute Gasteiger partial charge is 0.228 e. The van der Waals surface area contributed by atoms with Gasteiger partial charge in [0.15, 0.2) is 0 Å². The van der Waals surface area contributed by atoms with Crippen LogP contribution in [-0.4, -0.2) is 69.1 Å². The second-order valence-electron chi connectivity index (χ2n) is 9.60. The number of carbonyl (C=O) groups excluding carboxylic acids is 2. The molecule has 2 N–H and O–H groups in total. The van der Waals surface area contributed by atoms with Crippen LogP contribution < -0.4 is 5.32 Å². The predicted octanol–water partition coefficient (Wildman–Crippen LogP) is 2.39. The molecule has 0 saturated carbocycles. The number of likely N-dealkylation sites (N-methyl/N-ethyl adjacent to an activating group) is 1. The van der Waals surface area contributed by atoms with E-state index in [2.05, 4.69) is 27.3 Å². The SMILES string of the molecule is CN(C(=O)Cc1ccc2c(c1)NC(=O)C2)C(CN1CC[C@H](O)C1)c1cccc(-c2nccn2C)c1. The Hall–Kier alpha value is -3.49. The van der Waals surface area contributed by atoms with Crippen molar-refractivity contribution in [1.82, 2.24) is 19.4 Å². The Balaban J connectivity index is 1.40. The van der Waals surface area contributed by atoms with Crippen molar-refractivity contribution in [3.63, 3.8) is 0 Å². The molecule has 182 valence electrons. The van der Waals surface area contributed by atoms with Crippen LogP contribution in [0.4, 0.5) is 5.69 Å². The van der Waals surface area contributed by atoms with E-state index in [4.69, 9.17) is 0 Å². The van der Waals surface area contributed by atoms with E-state index in [0.29, 0.717) is 19.5 Å². The topological polar surface area (TPSA) is 90.7 Å². The summed E-state index contributed by atoms with van der Waals surface area (Å²) in [6.07, 6.45) is 4.76. The van der Waals surface area contributed by atoms with Gasteiger partial charge in [-0.2, -0.15) is 0 Å².